The molecule has 0 saturated carbocycles. The van der Waals surface area contributed by atoms with Gasteiger partial charge in [-0.3, -0.25) is 0 Å². The number of hydrazine groups is 1. The van der Waals surface area contributed by atoms with Gasteiger partial charge in [-0.25, -0.2) is 15.8 Å². The van der Waals surface area contributed by atoms with Gasteiger partial charge in [-0.1, -0.05) is 6.92 Å². The van der Waals surface area contributed by atoms with Crippen LogP contribution in [0.25, 0.3) is 0 Å². The van der Waals surface area contributed by atoms with Crippen molar-refractivity contribution in [2.75, 3.05) is 44.1 Å². The summed E-state index contributed by atoms with van der Waals surface area (Å²) in [4.78, 5) is 13.7. The molecule has 1 aliphatic rings. The monoisotopic (exact) mass is 292 g/mol. The normalized spacial score (nSPS) is 16.5. The average molecular weight is 292 g/mol. The lowest BCUT2D eigenvalue weighted by atomic mass is 9.96. The maximum atomic E-state index is 5.53. The van der Waals surface area contributed by atoms with Gasteiger partial charge in [-0.2, -0.15) is 0 Å². The minimum absolute atomic E-state index is 0.707. The van der Waals surface area contributed by atoms with E-state index in [-0.39, 0.29) is 0 Å². The fourth-order valence-corrected chi connectivity index (χ4v) is 2.92. The molecule has 1 fully saturated rings. The molecule has 118 valence electrons. The smallest absolute Gasteiger partial charge is 0.145 e. The fourth-order valence-electron chi connectivity index (χ4n) is 2.92. The summed E-state index contributed by atoms with van der Waals surface area (Å²) in [5.41, 5.74) is 2.66. The third kappa shape index (κ3) is 4.54. The molecule has 2 heterocycles. The largest absolute Gasteiger partial charge is 0.356 e. The van der Waals surface area contributed by atoms with Gasteiger partial charge in [0, 0.05) is 32.1 Å². The van der Waals surface area contributed by atoms with E-state index in [0.717, 1.165) is 43.5 Å². The van der Waals surface area contributed by atoms with Crippen molar-refractivity contribution < 1.29 is 0 Å². The number of nitrogen functional groups attached to an aromatic ring is 1. The second-order valence-electron chi connectivity index (χ2n) is 6.11. The highest BCUT2D eigenvalue weighted by Gasteiger charge is 2.21. The zero-order valence-corrected chi connectivity index (χ0v) is 13.5. The number of nitrogens with zero attached hydrogens (tertiary/aromatic N) is 4. The molecule has 3 N–H and O–H groups in total. The Morgan fingerprint density at radius 1 is 1.33 bits per heavy atom. The van der Waals surface area contributed by atoms with Gasteiger partial charge in [0.25, 0.3) is 0 Å². The Kier molecular flexibility index (Phi) is 5.76. The Bertz CT molecular complexity index is 440. The first-order valence-corrected chi connectivity index (χ1v) is 7.86. The van der Waals surface area contributed by atoms with Crippen molar-refractivity contribution in [3.63, 3.8) is 0 Å². The predicted octanol–water partition coefficient (Wildman–Crippen LogP) is 1.49. The van der Waals surface area contributed by atoms with Gasteiger partial charge in [0.1, 0.15) is 17.5 Å². The van der Waals surface area contributed by atoms with Crippen LogP contribution in [0.2, 0.25) is 0 Å². The van der Waals surface area contributed by atoms with E-state index in [1.54, 1.807) is 0 Å². The molecule has 21 heavy (non-hydrogen) atoms. The molecule has 0 atom stereocenters. The van der Waals surface area contributed by atoms with Gasteiger partial charge in [-0.15, -0.1) is 0 Å². The summed E-state index contributed by atoms with van der Waals surface area (Å²) < 4.78 is 0. The van der Waals surface area contributed by atoms with Gasteiger partial charge >= 0.3 is 0 Å². The number of rotatable bonds is 6. The highest BCUT2D eigenvalue weighted by molar-refractivity contribution is 5.49. The van der Waals surface area contributed by atoms with Crippen molar-refractivity contribution in [1.29, 1.82) is 0 Å². The van der Waals surface area contributed by atoms with E-state index < -0.39 is 0 Å². The van der Waals surface area contributed by atoms with E-state index in [9.17, 15) is 0 Å². The van der Waals surface area contributed by atoms with Crippen LogP contribution in [-0.2, 0) is 6.42 Å². The number of hydrogen-bond acceptors (Lipinski definition) is 6. The molecule has 0 radical (unpaired) electrons. The SMILES string of the molecule is CCCc1nc(NN)cc(N2CCC(CN(C)C)CC2)n1. The maximum absolute atomic E-state index is 5.53. The molecule has 1 aliphatic heterocycles. The van der Waals surface area contributed by atoms with Crippen LogP contribution >= 0.6 is 0 Å². The zero-order chi connectivity index (χ0) is 15.2. The van der Waals surface area contributed by atoms with Crippen molar-refractivity contribution in [2.24, 2.45) is 11.8 Å². The second-order valence-corrected chi connectivity index (χ2v) is 6.11. The third-order valence-electron chi connectivity index (χ3n) is 3.94. The minimum atomic E-state index is 0.707. The Morgan fingerprint density at radius 3 is 2.62 bits per heavy atom. The highest BCUT2D eigenvalue weighted by atomic mass is 15.3. The fraction of sp³-hybridized carbons (Fsp3) is 0.733. The van der Waals surface area contributed by atoms with Gasteiger partial charge < -0.3 is 15.2 Å². The number of aryl methyl sites for hydroxylation is 1. The van der Waals surface area contributed by atoms with E-state index in [4.69, 9.17) is 5.84 Å². The molecule has 6 nitrogen and oxygen atoms in total. The van der Waals surface area contributed by atoms with Gasteiger partial charge in [0.2, 0.25) is 0 Å². The summed E-state index contributed by atoms with van der Waals surface area (Å²) in [5, 5.41) is 0. The van der Waals surface area contributed by atoms with Gasteiger partial charge in [0.15, 0.2) is 0 Å². The number of piperidine rings is 1. The summed E-state index contributed by atoms with van der Waals surface area (Å²) in [6.45, 7) is 5.43. The number of anilines is 2. The van der Waals surface area contributed by atoms with Crippen molar-refractivity contribution in [3.8, 4) is 0 Å². The molecule has 0 spiro atoms. The Morgan fingerprint density at radius 2 is 2.05 bits per heavy atom. The van der Waals surface area contributed by atoms with Crippen LogP contribution in [0, 0.1) is 5.92 Å². The average Bonchev–Trinajstić information content (AvgIpc) is 2.47. The number of nitrogens with two attached hydrogens (primary N) is 1. The molecule has 1 aromatic rings. The van der Waals surface area contributed by atoms with Crippen molar-refractivity contribution >= 4 is 11.6 Å². The van der Waals surface area contributed by atoms with Gasteiger partial charge in [-0.05, 0) is 39.3 Å². The summed E-state index contributed by atoms with van der Waals surface area (Å²) in [7, 11) is 4.29. The molecule has 1 saturated heterocycles. The van der Waals surface area contributed by atoms with Crippen LogP contribution in [0.4, 0.5) is 11.6 Å². The van der Waals surface area contributed by atoms with Crippen LogP contribution in [0.3, 0.4) is 0 Å². The Hall–Kier alpha value is -1.40. The molecule has 0 unspecified atom stereocenters. The van der Waals surface area contributed by atoms with E-state index >= 15 is 0 Å². The number of hydrogen-bond donors (Lipinski definition) is 2. The molecular formula is C15H28N6. The van der Waals surface area contributed by atoms with Gasteiger partial charge in [0.05, 0.1) is 0 Å². The summed E-state index contributed by atoms with van der Waals surface area (Å²) in [6, 6.07) is 1.95. The van der Waals surface area contributed by atoms with Crippen LogP contribution in [0.15, 0.2) is 6.07 Å². The highest BCUT2D eigenvalue weighted by Crippen LogP contribution is 2.24. The lowest BCUT2D eigenvalue weighted by molar-refractivity contribution is 0.284. The van der Waals surface area contributed by atoms with Crippen LogP contribution in [0.1, 0.15) is 32.0 Å². The minimum Gasteiger partial charge on any atom is -0.356 e. The second kappa shape index (κ2) is 7.56. The maximum Gasteiger partial charge on any atom is 0.145 e. The van der Waals surface area contributed by atoms with E-state index in [0.29, 0.717) is 5.82 Å². The first-order chi connectivity index (χ1) is 10.1. The molecule has 0 aromatic carbocycles. The number of aromatic nitrogens is 2. The summed E-state index contributed by atoms with van der Waals surface area (Å²) >= 11 is 0. The van der Waals surface area contributed by atoms with Crippen molar-refractivity contribution in [2.45, 2.75) is 32.6 Å². The van der Waals surface area contributed by atoms with Crippen LogP contribution in [0.5, 0.6) is 0 Å². The molecule has 6 heteroatoms. The quantitative estimate of drug-likeness (QED) is 0.611. The molecule has 0 amide bonds. The number of nitrogens with one attached hydrogen (secondary N) is 1. The molecular weight excluding hydrogens is 264 g/mol. The summed E-state index contributed by atoms with van der Waals surface area (Å²) in [5.74, 6) is 8.90. The van der Waals surface area contributed by atoms with E-state index in [1.807, 2.05) is 6.07 Å². The summed E-state index contributed by atoms with van der Waals surface area (Å²) in [6.07, 6.45) is 4.37. The molecule has 1 aromatic heterocycles. The van der Waals surface area contributed by atoms with Crippen molar-refractivity contribution in [3.05, 3.63) is 11.9 Å². The predicted molar refractivity (Wildman–Crippen MR) is 87.3 cm³/mol. The first-order valence-electron chi connectivity index (χ1n) is 7.86. The molecule has 2 rings (SSSR count). The zero-order valence-electron chi connectivity index (χ0n) is 13.5. The Balaban J connectivity index is 2.03. The first kappa shape index (κ1) is 16.0. The third-order valence-corrected chi connectivity index (χ3v) is 3.94. The molecule has 0 bridgehead atoms. The Labute approximate surface area is 127 Å². The lowest BCUT2D eigenvalue weighted by Crippen LogP contribution is -2.37. The van der Waals surface area contributed by atoms with E-state index in [1.165, 1.54) is 19.4 Å². The molecule has 0 aliphatic carbocycles. The van der Waals surface area contributed by atoms with E-state index in [2.05, 4.69) is 46.2 Å². The topological polar surface area (TPSA) is 70.3 Å². The lowest BCUT2D eigenvalue weighted by Gasteiger charge is -2.34. The van der Waals surface area contributed by atoms with Crippen LogP contribution in [-0.4, -0.2) is 48.6 Å². The standard InChI is InChI=1S/C15H28N6/c1-4-5-13-17-14(19-16)10-15(18-13)21-8-6-12(7-9-21)11-20(2)3/h10,12H,4-9,11,16H2,1-3H3,(H,17,18,19). The van der Waals surface area contributed by atoms with Crippen molar-refractivity contribution in [1.82, 2.24) is 14.9 Å². The van der Waals surface area contributed by atoms with Crippen LogP contribution < -0.4 is 16.2 Å².